The van der Waals surface area contributed by atoms with Crippen LogP contribution in [0.5, 0.6) is 0 Å². The summed E-state index contributed by atoms with van der Waals surface area (Å²) >= 11 is 3.46. The minimum Gasteiger partial charge on any atom is -0.366 e. The third kappa shape index (κ3) is 3.19. The molecule has 0 aliphatic heterocycles. The van der Waals surface area contributed by atoms with Crippen molar-refractivity contribution >= 4 is 21.7 Å². The van der Waals surface area contributed by atoms with Gasteiger partial charge in [0.15, 0.2) is 0 Å². The fourth-order valence-corrected chi connectivity index (χ4v) is 2.75. The van der Waals surface area contributed by atoms with E-state index in [1.165, 1.54) is 31.2 Å². The van der Waals surface area contributed by atoms with E-state index in [1.807, 2.05) is 6.20 Å². The van der Waals surface area contributed by atoms with Crippen LogP contribution >= 0.6 is 15.9 Å². The SMILES string of the molecule is Cc1cc(NC(CN)C2CCCC2)ncc1Br. The first-order valence-electron chi connectivity index (χ1n) is 6.29. The number of hydrogen-bond donors (Lipinski definition) is 2. The van der Waals surface area contributed by atoms with Crippen molar-refractivity contribution in [1.82, 2.24) is 4.98 Å². The minimum atomic E-state index is 0.366. The second-order valence-corrected chi connectivity index (χ2v) is 5.70. The Hall–Kier alpha value is -0.610. The highest BCUT2D eigenvalue weighted by Gasteiger charge is 2.24. The van der Waals surface area contributed by atoms with Crippen molar-refractivity contribution in [2.45, 2.75) is 38.6 Å². The lowest BCUT2D eigenvalue weighted by molar-refractivity contribution is 0.461. The molecule has 94 valence electrons. The van der Waals surface area contributed by atoms with Gasteiger partial charge in [-0.2, -0.15) is 0 Å². The number of hydrogen-bond acceptors (Lipinski definition) is 3. The second kappa shape index (κ2) is 5.83. The molecule has 0 spiro atoms. The highest BCUT2D eigenvalue weighted by molar-refractivity contribution is 9.10. The van der Waals surface area contributed by atoms with E-state index in [1.54, 1.807) is 0 Å². The van der Waals surface area contributed by atoms with Gasteiger partial charge in [-0.25, -0.2) is 4.98 Å². The summed E-state index contributed by atoms with van der Waals surface area (Å²) < 4.78 is 1.05. The second-order valence-electron chi connectivity index (χ2n) is 4.85. The Kier molecular flexibility index (Phi) is 4.40. The quantitative estimate of drug-likeness (QED) is 0.898. The number of anilines is 1. The maximum atomic E-state index is 5.87. The summed E-state index contributed by atoms with van der Waals surface area (Å²) in [7, 11) is 0. The number of rotatable bonds is 4. The van der Waals surface area contributed by atoms with Crippen molar-refractivity contribution in [3.05, 3.63) is 22.3 Å². The van der Waals surface area contributed by atoms with Crippen LogP contribution in [0.4, 0.5) is 5.82 Å². The molecule has 1 heterocycles. The van der Waals surface area contributed by atoms with E-state index in [4.69, 9.17) is 5.73 Å². The predicted molar refractivity (Wildman–Crippen MR) is 75.1 cm³/mol. The topological polar surface area (TPSA) is 50.9 Å². The standard InChI is InChI=1S/C13H20BrN3/c1-9-6-13(16-8-11(9)14)17-12(7-15)10-4-2-3-5-10/h6,8,10,12H,2-5,7,15H2,1H3,(H,16,17). The summed E-state index contributed by atoms with van der Waals surface area (Å²) in [5.74, 6) is 1.65. The molecule has 1 fully saturated rings. The van der Waals surface area contributed by atoms with E-state index in [0.29, 0.717) is 18.5 Å². The summed E-state index contributed by atoms with van der Waals surface area (Å²) in [6, 6.07) is 2.44. The van der Waals surface area contributed by atoms with Crippen LogP contribution in [-0.2, 0) is 0 Å². The number of nitrogens with one attached hydrogen (secondary N) is 1. The fourth-order valence-electron chi connectivity index (χ4n) is 2.54. The number of aryl methyl sites for hydroxylation is 1. The van der Waals surface area contributed by atoms with Crippen LogP contribution in [0.1, 0.15) is 31.2 Å². The summed E-state index contributed by atoms with van der Waals surface area (Å²) in [4.78, 5) is 4.38. The molecule has 2 rings (SSSR count). The minimum absolute atomic E-state index is 0.366. The highest BCUT2D eigenvalue weighted by Crippen LogP contribution is 2.29. The monoisotopic (exact) mass is 297 g/mol. The van der Waals surface area contributed by atoms with E-state index in [0.717, 1.165) is 10.3 Å². The van der Waals surface area contributed by atoms with Gasteiger partial charge in [0.1, 0.15) is 5.82 Å². The normalized spacial score (nSPS) is 18.3. The first-order valence-corrected chi connectivity index (χ1v) is 7.08. The van der Waals surface area contributed by atoms with Gasteiger partial charge in [0.25, 0.3) is 0 Å². The van der Waals surface area contributed by atoms with E-state index in [2.05, 4.69) is 39.2 Å². The molecule has 0 bridgehead atoms. The van der Waals surface area contributed by atoms with E-state index >= 15 is 0 Å². The summed E-state index contributed by atoms with van der Waals surface area (Å²) in [5, 5.41) is 3.48. The smallest absolute Gasteiger partial charge is 0.126 e. The molecule has 0 saturated heterocycles. The van der Waals surface area contributed by atoms with Crippen LogP contribution in [0.15, 0.2) is 16.7 Å². The zero-order valence-electron chi connectivity index (χ0n) is 10.2. The zero-order valence-corrected chi connectivity index (χ0v) is 11.8. The third-order valence-electron chi connectivity index (χ3n) is 3.60. The first-order chi connectivity index (χ1) is 8.20. The van der Waals surface area contributed by atoms with Gasteiger partial charge in [-0.05, 0) is 53.2 Å². The van der Waals surface area contributed by atoms with Crippen LogP contribution in [0.3, 0.4) is 0 Å². The Labute approximate surface area is 111 Å². The van der Waals surface area contributed by atoms with Gasteiger partial charge in [-0.15, -0.1) is 0 Å². The van der Waals surface area contributed by atoms with Gasteiger partial charge >= 0.3 is 0 Å². The molecule has 3 nitrogen and oxygen atoms in total. The fraction of sp³-hybridized carbons (Fsp3) is 0.615. The number of nitrogens with zero attached hydrogens (tertiary/aromatic N) is 1. The van der Waals surface area contributed by atoms with Crippen LogP contribution in [0.25, 0.3) is 0 Å². The maximum absolute atomic E-state index is 5.87. The molecule has 3 N–H and O–H groups in total. The van der Waals surface area contributed by atoms with Gasteiger partial charge < -0.3 is 11.1 Å². The number of aromatic nitrogens is 1. The van der Waals surface area contributed by atoms with Crippen LogP contribution in [0.2, 0.25) is 0 Å². The van der Waals surface area contributed by atoms with E-state index in [9.17, 15) is 0 Å². The summed E-state index contributed by atoms with van der Waals surface area (Å²) in [6.45, 7) is 2.76. The lowest BCUT2D eigenvalue weighted by Gasteiger charge is -2.23. The Balaban J connectivity index is 2.04. The van der Waals surface area contributed by atoms with Gasteiger partial charge in [-0.3, -0.25) is 0 Å². The molecular formula is C13H20BrN3. The molecule has 1 atom stereocenters. The molecule has 1 saturated carbocycles. The van der Waals surface area contributed by atoms with Gasteiger partial charge in [-0.1, -0.05) is 12.8 Å². The Morgan fingerprint density at radius 3 is 2.82 bits per heavy atom. The van der Waals surface area contributed by atoms with E-state index < -0.39 is 0 Å². The Morgan fingerprint density at radius 2 is 2.24 bits per heavy atom. The number of nitrogens with two attached hydrogens (primary N) is 1. The van der Waals surface area contributed by atoms with Crippen LogP contribution in [0, 0.1) is 12.8 Å². The highest BCUT2D eigenvalue weighted by atomic mass is 79.9. The maximum Gasteiger partial charge on any atom is 0.126 e. The van der Waals surface area contributed by atoms with Gasteiger partial charge in [0.2, 0.25) is 0 Å². The largest absolute Gasteiger partial charge is 0.366 e. The number of pyridine rings is 1. The molecule has 1 unspecified atom stereocenters. The van der Waals surface area contributed by atoms with Crippen molar-refractivity contribution < 1.29 is 0 Å². The molecule has 0 radical (unpaired) electrons. The number of halogens is 1. The van der Waals surface area contributed by atoms with Crippen molar-refractivity contribution in [3.63, 3.8) is 0 Å². The van der Waals surface area contributed by atoms with E-state index in [-0.39, 0.29) is 0 Å². The molecule has 0 amide bonds. The van der Waals surface area contributed by atoms with Crippen LogP contribution in [-0.4, -0.2) is 17.6 Å². The molecule has 17 heavy (non-hydrogen) atoms. The van der Waals surface area contributed by atoms with Crippen molar-refractivity contribution in [2.75, 3.05) is 11.9 Å². The summed E-state index contributed by atoms with van der Waals surface area (Å²) in [6.07, 6.45) is 7.12. The lowest BCUT2D eigenvalue weighted by Crippen LogP contribution is -2.35. The predicted octanol–water partition coefficient (Wildman–Crippen LogP) is 3.08. The average molecular weight is 298 g/mol. The zero-order chi connectivity index (χ0) is 12.3. The van der Waals surface area contributed by atoms with Crippen molar-refractivity contribution in [3.8, 4) is 0 Å². The van der Waals surface area contributed by atoms with Crippen molar-refractivity contribution in [1.29, 1.82) is 0 Å². The van der Waals surface area contributed by atoms with Crippen molar-refractivity contribution in [2.24, 2.45) is 11.7 Å². The van der Waals surface area contributed by atoms with Gasteiger partial charge in [0.05, 0.1) is 0 Å². The molecule has 1 aromatic heterocycles. The Morgan fingerprint density at radius 1 is 1.53 bits per heavy atom. The molecule has 1 aromatic rings. The molecule has 1 aliphatic rings. The summed E-state index contributed by atoms with van der Waals surface area (Å²) in [5.41, 5.74) is 7.07. The molecule has 1 aliphatic carbocycles. The third-order valence-corrected chi connectivity index (χ3v) is 4.43. The molecular weight excluding hydrogens is 278 g/mol. The molecule has 0 aromatic carbocycles. The first kappa shape index (κ1) is 12.8. The van der Waals surface area contributed by atoms with Crippen LogP contribution < -0.4 is 11.1 Å². The van der Waals surface area contributed by atoms with Gasteiger partial charge in [0, 0.05) is 23.3 Å². The lowest BCUT2D eigenvalue weighted by atomic mass is 9.98. The molecule has 4 heteroatoms. The average Bonchev–Trinajstić information content (AvgIpc) is 2.84. The Bertz CT molecular complexity index is 375.